The van der Waals surface area contributed by atoms with Gasteiger partial charge in [-0.15, -0.1) is 0 Å². The van der Waals surface area contributed by atoms with Gasteiger partial charge in [0, 0.05) is 39.2 Å². The van der Waals surface area contributed by atoms with Crippen LogP contribution in [0.15, 0.2) is 182 Å². The maximum Gasteiger partial charge on any atom is 0.164 e. The number of para-hydroxylation sites is 4. The van der Waals surface area contributed by atoms with Crippen molar-refractivity contribution in [2.24, 2.45) is 0 Å². The van der Waals surface area contributed by atoms with Gasteiger partial charge in [-0.3, -0.25) is 9.13 Å². The fourth-order valence-electron chi connectivity index (χ4n) is 7.44. The lowest BCUT2D eigenvalue weighted by Crippen LogP contribution is -2.02. The van der Waals surface area contributed by atoms with Crippen LogP contribution in [0.25, 0.3) is 90.4 Å². The molecule has 0 saturated carbocycles. The molecule has 0 N–H and O–H groups in total. The third-order valence-corrected chi connectivity index (χ3v) is 10.4. The standard InChI is InChI=1S/C50H37N7/c1-33(2)34-21-23-35(24-22-34)46-53-47(36-25-29-40(30-26-36)56-44-19-11-9-17-42(44)51-49(56)38-13-5-3-6-14-38)55-48(54-46)37-27-31-41(32-28-37)57-45-20-12-10-18-43(45)52-50(57)39-15-7-4-8-16-39/h3-33H,1-2H3. The fourth-order valence-corrected chi connectivity index (χ4v) is 7.44. The molecule has 0 fully saturated rings. The first-order chi connectivity index (χ1) is 28.1. The molecule has 57 heavy (non-hydrogen) atoms. The Morgan fingerprint density at radius 1 is 0.333 bits per heavy atom. The van der Waals surface area contributed by atoms with E-state index in [0.29, 0.717) is 23.4 Å². The highest BCUT2D eigenvalue weighted by molar-refractivity contribution is 5.85. The average Bonchev–Trinajstić information content (AvgIpc) is 3.87. The molecule has 0 amide bonds. The Bertz CT molecular complexity index is 2820. The molecule has 3 aromatic heterocycles. The van der Waals surface area contributed by atoms with Crippen LogP contribution in [0, 0.1) is 0 Å². The number of rotatable bonds is 8. The van der Waals surface area contributed by atoms with Crippen molar-refractivity contribution >= 4 is 22.1 Å². The molecule has 0 aliphatic heterocycles. The van der Waals surface area contributed by atoms with Crippen LogP contribution in [0.5, 0.6) is 0 Å². The second kappa shape index (κ2) is 14.3. The van der Waals surface area contributed by atoms with Crippen molar-refractivity contribution in [3.05, 3.63) is 188 Å². The summed E-state index contributed by atoms with van der Waals surface area (Å²) in [6.07, 6.45) is 0. The number of nitrogens with zero attached hydrogens (tertiary/aromatic N) is 7. The summed E-state index contributed by atoms with van der Waals surface area (Å²) < 4.78 is 4.42. The maximum absolute atomic E-state index is 5.10. The predicted molar refractivity (Wildman–Crippen MR) is 230 cm³/mol. The van der Waals surface area contributed by atoms with E-state index in [-0.39, 0.29) is 0 Å². The van der Waals surface area contributed by atoms with E-state index in [4.69, 9.17) is 24.9 Å². The van der Waals surface area contributed by atoms with E-state index >= 15 is 0 Å². The van der Waals surface area contributed by atoms with Crippen molar-refractivity contribution in [3.63, 3.8) is 0 Å². The van der Waals surface area contributed by atoms with E-state index in [2.05, 4.69) is 156 Å². The Morgan fingerprint density at radius 3 is 1.07 bits per heavy atom. The topological polar surface area (TPSA) is 74.3 Å². The van der Waals surface area contributed by atoms with Crippen molar-refractivity contribution in [2.75, 3.05) is 0 Å². The molecule has 10 aromatic rings. The van der Waals surface area contributed by atoms with E-state index in [0.717, 1.165) is 72.9 Å². The van der Waals surface area contributed by atoms with Gasteiger partial charge in [0.15, 0.2) is 17.5 Å². The van der Waals surface area contributed by atoms with E-state index in [1.807, 2.05) is 48.5 Å². The van der Waals surface area contributed by atoms with Gasteiger partial charge in [-0.2, -0.15) is 0 Å². The number of fused-ring (bicyclic) bond motifs is 2. The molecule has 0 bridgehead atoms. The highest BCUT2D eigenvalue weighted by Gasteiger charge is 2.18. The summed E-state index contributed by atoms with van der Waals surface area (Å²) in [5.74, 6) is 4.03. The summed E-state index contributed by atoms with van der Waals surface area (Å²) >= 11 is 0. The molecule has 0 unspecified atom stereocenters. The minimum Gasteiger partial charge on any atom is -0.292 e. The van der Waals surface area contributed by atoms with Gasteiger partial charge in [0.05, 0.1) is 22.1 Å². The zero-order chi connectivity index (χ0) is 38.3. The summed E-state index contributed by atoms with van der Waals surface area (Å²) in [4.78, 5) is 25.3. The lowest BCUT2D eigenvalue weighted by atomic mass is 10.0. The lowest BCUT2D eigenvalue weighted by molar-refractivity contribution is 0.867. The predicted octanol–water partition coefficient (Wildman–Crippen LogP) is 12.0. The van der Waals surface area contributed by atoms with Crippen molar-refractivity contribution in [1.82, 2.24) is 34.1 Å². The van der Waals surface area contributed by atoms with Crippen molar-refractivity contribution in [2.45, 2.75) is 19.8 Å². The first-order valence-corrected chi connectivity index (χ1v) is 19.2. The van der Waals surface area contributed by atoms with Crippen molar-refractivity contribution in [3.8, 4) is 68.3 Å². The van der Waals surface area contributed by atoms with E-state index in [1.165, 1.54) is 5.56 Å². The monoisotopic (exact) mass is 735 g/mol. The Kier molecular flexibility index (Phi) is 8.53. The van der Waals surface area contributed by atoms with Crippen LogP contribution in [0.2, 0.25) is 0 Å². The van der Waals surface area contributed by atoms with Crippen LogP contribution in [0.4, 0.5) is 0 Å². The van der Waals surface area contributed by atoms with E-state index in [9.17, 15) is 0 Å². The zero-order valence-corrected chi connectivity index (χ0v) is 31.5. The molecule has 0 spiro atoms. The Labute approximate surface area is 330 Å². The molecular weight excluding hydrogens is 699 g/mol. The van der Waals surface area contributed by atoms with Gasteiger partial charge >= 0.3 is 0 Å². The van der Waals surface area contributed by atoms with Gasteiger partial charge in [-0.25, -0.2) is 24.9 Å². The normalized spacial score (nSPS) is 11.5. The quantitative estimate of drug-likeness (QED) is 0.155. The molecule has 7 aromatic carbocycles. The molecule has 10 rings (SSSR count). The largest absolute Gasteiger partial charge is 0.292 e. The third kappa shape index (κ3) is 6.35. The smallest absolute Gasteiger partial charge is 0.164 e. The van der Waals surface area contributed by atoms with Crippen LogP contribution in [0.1, 0.15) is 25.3 Å². The molecule has 272 valence electrons. The minimum atomic E-state index is 0.422. The molecular formula is C50H37N7. The number of hydrogen-bond acceptors (Lipinski definition) is 5. The SMILES string of the molecule is CC(C)c1ccc(-c2nc(-c3ccc(-n4c(-c5ccccc5)nc5ccccc54)cc3)nc(-c3ccc(-n4c(-c5ccccc5)nc5ccccc54)cc3)n2)cc1. The average molecular weight is 736 g/mol. The van der Waals surface area contributed by atoms with Crippen molar-refractivity contribution < 1.29 is 0 Å². The number of hydrogen-bond donors (Lipinski definition) is 0. The van der Waals surface area contributed by atoms with Gasteiger partial charge in [0.25, 0.3) is 0 Å². The third-order valence-electron chi connectivity index (χ3n) is 10.4. The molecule has 7 nitrogen and oxygen atoms in total. The minimum absolute atomic E-state index is 0.422. The zero-order valence-electron chi connectivity index (χ0n) is 31.5. The second-order valence-corrected chi connectivity index (χ2v) is 14.4. The Balaban J connectivity index is 1.07. The van der Waals surface area contributed by atoms with Gasteiger partial charge in [-0.1, -0.05) is 123 Å². The van der Waals surface area contributed by atoms with Crippen molar-refractivity contribution in [1.29, 1.82) is 0 Å². The number of imidazole rings is 2. The molecule has 3 heterocycles. The maximum atomic E-state index is 5.10. The van der Waals surface area contributed by atoms with Gasteiger partial charge in [0.1, 0.15) is 11.6 Å². The summed E-state index contributed by atoms with van der Waals surface area (Å²) in [5, 5.41) is 0. The van der Waals surface area contributed by atoms with Crippen LogP contribution < -0.4 is 0 Å². The Hall–Kier alpha value is -7.51. The van der Waals surface area contributed by atoms with Crippen LogP contribution >= 0.6 is 0 Å². The van der Waals surface area contributed by atoms with Crippen LogP contribution in [-0.4, -0.2) is 34.1 Å². The van der Waals surface area contributed by atoms with Crippen LogP contribution in [-0.2, 0) is 0 Å². The van der Waals surface area contributed by atoms with E-state index < -0.39 is 0 Å². The summed E-state index contributed by atoms with van der Waals surface area (Å²) in [5.41, 5.74) is 12.1. The molecule has 7 heteroatoms. The first kappa shape index (κ1) is 34.0. The lowest BCUT2D eigenvalue weighted by Gasteiger charge is -2.13. The molecule has 0 radical (unpaired) electrons. The Morgan fingerprint density at radius 2 is 0.684 bits per heavy atom. The van der Waals surface area contributed by atoms with Crippen LogP contribution in [0.3, 0.4) is 0 Å². The molecule has 0 saturated heterocycles. The highest BCUT2D eigenvalue weighted by Crippen LogP contribution is 2.33. The number of aromatic nitrogens is 7. The molecule has 0 atom stereocenters. The number of benzene rings is 7. The molecule has 0 aliphatic rings. The van der Waals surface area contributed by atoms with Gasteiger partial charge in [-0.05, 0) is 84.3 Å². The van der Waals surface area contributed by atoms with E-state index in [1.54, 1.807) is 0 Å². The highest BCUT2D eigenvalue weighted by atomic mass is 15.1. The fraction of sp³-hybridized carbons (Fsp3) is 0.0600. The first-order valence-electron chi connectivity index (χ1n) is 19.2. The van der Waals surface area contributed by atoms with Gasteiger partial charge in [0.2, 0.25) is 0 Å². The summed E-state index contributed by atoms with van der Waals surface area (Å²) in [7, 11) is 0. The second-order valence-electron chi connectivity index (χ2n) is 14.4. The molecule has 0 aliphatic carbocycles. The summed E-state index contributed by atoms with van der Waals surface area (Å²) in [6.45, 7) is 4.40. The van der Waals surface area contributed by atoms with Gasteiger partial charge < -0.3 is 0 Å². The summed E-state index contributed by atoms with van der Waals surface area (Å²) in [6, 6.07) is 62.5.